The Morgan fingerprint density at radius 1 is 0.952 bits per heavy atom. The fourth-order valence-corrected chi connectivity index (χ4v) is 5.84. The van der Waals surface area contributed by atoms with Crippen LogP contribution in [0.15, 0.2) is 71.6 Å². The maximum atomic E-state index is 13.9. The number of nitrogens with one attached hydrogen (secondary N) is 1. The van der Waals surface area contributed by atoms with Gasteiger partial charge in [0.05, 0.1) is 21.2 Å². The topological polar surface area (TPSA) is 86.8 Å². The molecule has 0 spiro atoms. The second kappa shape index (κ2) is 13.2. The van der Waals surface area contributed by atoms with Gasteiger partial charge in [-0.2, -0.15) is 13.2 Å². The number of nitrogens with zero attached hydrogens (tertiary/aromatic N) is 2. The van der Waals surface area contributed by atoms with Gasteiger partial charge in [-0.1, -0.05) is 53.6 Å². The quantitative estimate of drug-likeness (QED) is 0.295. The summed E-state index contributed by atoms with van der Waals surface area (Å²) in [4.78, 5) is 27.9. The van der Waals surface area contributed by atoms with Crippen LogP contribution >= 0.6 is 11.6 Å². The molecule has 226 valence electrons. The number of carbonyl (C=O) groups excluding carboxylic acids is 2. The van der Waals surface area contributed by atoms with Crippen LogP contribution in [0.3, 0.4) is 0 Å². The van der Waals surface area contributed by atoms with E-state index in [1.807, 2.05) is 19.1 Å². The summed E-state index contributed by atoms with van der Waals surface area (Å²) in [7, 11) is -4.55. The van der Waals surface area contributed by atoms with Crippen LogP contribution in [-0.4, -0.2) is 43.8 Å². The average Bonchev–Trinajstić information content (AvgIpc) is 2.90. The molecule has 0 aromatic heterocycles. The lowest BCUT2D eigenvalue weighted by Crippen LogP contribution is -2.52. The fraction of sp³-hybridized carbons (Fsp3) is 0.333. The summed E-state index contributed by atoms with van der Waals surface area (Å²) in [5, 5.41) is 2.13. The highest BCUT2D eigenvalue weighted by Crippen LogP contribution is 2.38. The predicted octanol–water partition coefficient (Wildman–Crippen LogP) is 6.11. The van der Waals surface area contributed by atoms with Crippen molar-refractivity contribution < 1.29 is 31.2 Å². The van der Waals surface area contributed by atoms with E-state index in [4.69, 9.17) is 11.6 Å². The van der Waals surface area contributed by atoms with Crippen molar-refractivity contribution in [3.63, 3.8) is 0 Å². The van der Waals surface area contributed by atoms with Crippen molar-refractivity contribution in [2.75, 3.05) is 10.8 Å². The van der Waals surface area contributed by atoms with Crippen LogP contribution in [0.2, 0.25) is 5.02 Å². The van der Waals surface area contributed by atoms with E-state index in [1.165, 1.54) is 24.0 Å². The number of sulfonamides is 1. The highest BCUT2D eigenvalue weighted by Gasteiger charge is 2.37. The number of hydrogen-bond acceptors (Lipinski definition) is 4. The standard InChI is InChI=1S/C30H33ClF3N3O4S/c1-19(2)35-29(39)22(5)36(17-23-9-7-6-8-21(23)4)28(38)18-37(42(40,41)25-13-10-20(3)11-14-25)24-12-15-27(31)26(16-24)30(32,33)34/h6-16,19,22H,17-18H2,1-5H3,(H,35,39)/t22-/m0/s1. The number of carbonyl (C=O) groups is 2. The SMILES string of the molecule is Cc1ccc(S(=O)(=O)N(CC(=O)N(Cc2ccccc2C)[C@@H](C)C(=O)NC(C)C)c2ccc(Cl)c(C(F)(F)F)c2)cc1. The Morgan fingerprint density at radius 3 is 2.14 bits per heavy atom. The summed E-state index contributed by atoms with van der Waals surface area (Å²) < 4.78 is 69.6. The molecule has 0 aliphatic heterocycles. The highest BCUT2D eigenvalue weighted by atomic mass is 35.5. The number of anilines is 1. The van der Waals surface area contributed by atoms with Crippen LogP contribution in [-0.2, 0) is 32.3 Å². The molecule has 1 atom stereocenters. The summed E-state index contributed by atoms with van der Waals surface area (Å²) in [6.45, 7) is 7.69. The molecule has 0 heterocycles. The minimum absolute atomic E-state index is 0.0367. The lowest BCUT2D eigenvalue weighted by atomic mass is 10.1. The van der Waals surface area contributed by atoms with Crippen molar-refractivity contribution in [2.45, 2.75) is 64.3 Å². The Morgan fingerprint density at radius 2 is 1.57 bits per heavy atom. The zero-order chi connectivity index (χ0) is 31.4. The third-order valence-electron chi connectivity index (χ3n) is 6.63. The summed E-state index contributed by atoms with van der Waals surface area (Å²) >= 11 is 5.81. The lowest BCUT2D eigenvalue weighted by Gasteiger charge is -2.32. The Balaban J connectivity index is 2.14. The molecule has 3 aromatic rings. The third-order valence-corrected chi connectivity index (χ3v) is 8.75. The number of benzene rings is 3. The molecule has 0 saturated heterocycles. The molecule has 0 bridgehead atoms. The molecule has 0 saturated carbocycles. The molecule has 7 nitrogen and oxygen atoms in total. The Bertz CT molecular complexity index is 1540. The lowest BCUT2D eigenvalue weighted by molar-refractivity contribution is -0.139. The van der Waals surface area contributed by atoms with Gasteiger partial charge in [-0.3, -0.25) is 13.9 Å². The van der Waals surface area contributed by atoms with Crippen LogP contribution in [0.1, 0.15) is 43.0 Å². The van der Waals surface area contributed by atoms with E-state index < -0.39 is 56.9 Å². The van der Waals surface area contributed by atoms with Crippen LogP contribution in [0.5, 0.6) is 0 Å². The van der Waals surface area contributed by atoms with Crippen LogP contribution < -0.4 is 9.62 Å². The Labute approximate surface area is 249 Å². The van der Waals surface area contributed by atoms with Crippen molar-refractivity contribution in [1.82, 2.24) is 10.2 Å². The normalized spacial score (nSPS) is 12.6. The van der Waals surface area contributed by atoms with Gasteiger partial charge in [-0.25, -0.2) is 8.42 Å². The van der Waals surface area contributed by atoms with E-state index in [-0.39, 0.29) is 17.5 Å². The summed E-state index contributed by atoms with van der Waals surface area (Å²) in [5.74, 6) is -1.26. The van der Waals surface area contributed by atoms with Gasteiger partial charge in [0.15, 0.2) is 0 Å². The number of amides is 2. The minimum Gasteiger partial charge on any atom is -0.352 e. The maximum Gasteiger partial charge on any atom is 0.417 e. The van der Waals surface area contributed by atoms with Gasteiger partial charge in [-0.05, 0) is 76.1 Å². The van der Waals surface area contributed by atoms with Crippen molar-refractivity contribution >= 4 is 39.1 Å². The molecule has 0 radical (unpaired) electrons. The molecule has 0 fully saturated rings. The molecule has 1 N–H and O–H groups in total. The van der Waals surface area contributed by atoms with E-state index in [1.54, 1.807) is 45.0 Å². The van der Waals surface area contributed by atoms with E-state index in [2.05, 4.69) is 5.32 Å². The number of halogens is 4. The zero-order valence-corrected chi connectivity index (χ0v) is 25.4. The van der Waals surface area contributed by atoms with Crippen molar-refractivity contribution in [3.8, 4) is 0 Å². The first-order valence-electron chi connectivity index (χ1n) is 13.1. The van der Waals surface area contributed by atoms with Crippen LogP contribution in [0.4, 0.5) is 18.9 Å². The molecule has 0 unspecified atom stereocenters. The van der Waals surface area contributed by atoms with E-state index in [0.717, 1.165) is 23.3 Å². The van der Waals surface area contributed by atoms with Gasteiger partial charge in [0.25, 0.3) is 10.0 Å². The Kier molecular flexibility index (Phi) is 10.3. The first kappa shape index (κ1) is 32.9. The summed E-state index contributed by atoms with van der Waals surface area (Å²) in [6, 6.07) is 14.3. The first-order chi connectivity index (χ1) is 19.5. The van der Waals surface area contributed by atoms with Gasteiger partial charge < -0.3 is 10.2 Å². The summed E-state index contributed by atoms with van der Waals surface area (Å²) in [5.41, 5.74) is 0.657. The second-order valence-corrected chi connectivity index (χ2v) is 12.5. The summed E-state index contributed by atoms with van der Waals surface area (Å²) in [6.07, 6.45) is -4.88. The third kappa shape index (κ3) is 7.83. The molecule has 0 aliphatic carbocycles. The number of rotatable bonds is 10. The molecule has 3 aromatic carbocycles. The molecular formula is C30H33ClF3N3O4S. The van der Waals surface area contributed by atoms with Crippen molar-refractivity contribution in [1.29, 1.82) is 0 Å². The van der Waals surface area contributed by atoms with Crippen LogP contribution in [0.25, 0.3) is 0 Å². The minimum atomic E-state index is -4.88. The highest BCUT2D eigenvalue weighted by molar-refractivity contribution is 7.92. The molecule has 42 heavy (non-hydrogen) atoms. The van der Waals surface area contributed by atoms with E-state index in [9.17, 15) is 31.2 Å². The van der Waals surface area contributed by atoms with Crippen molar-refractivity contribution in [2.24, 2.45) is 0 Å². The smallest absolute Gasteiger partial charge is 0.352 e. The number of aryl methyl sites for hydroxylation is 2. The molecular weight excluding hydrogens is 591 g/mol. The van der Waals surface area contributed by atoms with E-state index in [0.29, 0.717) is 15.9 Å². The largest absolute Gasteiger partial charge is 0.417 e. The van der Waals surface area contributed by atoms with Gasteiger partial charge in [-0.15, -0.1) is 0 Å². The molecule has 0 aliphatic rings. The van der Waals surface area contributed by atoms with Gasteiger partial charge in [0.2, 0.25) is 11.8 Å². The number of alkyl halides is 3. The maximum absolute atomic E-state index is 13.9. The Hall–Kier alpha value is -3.57. The molecule has 3 rings (SSSR count). The van der Waals surface area contributed by atoms with Crippen LogP contribution in [0, 0.1) is 13.8 Å². The zero-order valence-electron chi connectivity index (χ0n) is 23.9. The predicted molar refractivity (Wildman–Crippen MR) is 157 cm³/mol. The fourth-order valence-electron chi connectivity index (χ4n) is 4.21. The average molecular weight is 624 g/mol. The monoisotopic (exact) mass is 623 g/mol. The van der Waals surface area contributed by atoms with Crippen molar-refractivity contribution in [3.05, 3.63) is 94.0 Å². The van der Waals surface area contributed by atoms with E-state index >= 15 is 0 Å². The second-order valence-electron chi connectivity index (χ2n) is 10.3. The van der Waals surface area contributed by atoms with Gasteiger partial charge >= 0.3 is 6.18 Å². The van der Waals surface area contributed by atoms with Gasteiger partial charge in [0.1, 0.15) is 12.6 Å². The molecule has 2 amide bonds. The number of hydrogen-bond donors (Lipinski definition) is 1. The first-order valence-corrected chi connectivity index (χ1v) is 14.9. The van der Waals surface area contributed by atoms with Gasteiger partial charge in [0, 0.05) is 12.6 Å². The molecule has 12 heteroatoms.